The number of esters is 1. The molecule has 0 aliphatic heterocycles. The van der Waals surface area contributed by atoms with Crippen molar-refractivity contribution in [2.24, 2.45) is 0 Å². The molecule has 25 heavy (non-hydrogen) atoms. The van der Waals surface area contributed by atoms with Crippen LogP contribution in [0, 0.1) is 6.92 Å². The first kappa shape index (κ1) is 19.3. The number of rotatable bonds is 7. The van der Waals surface area contributed by atoms with Crippen LogP contribution in [0.1, 0.15) is 34.6 Å². The van der Waals surface area contributed by atoms with Crippen molar-refractivity contribution in [2.75, 3.05) is 18.5 Å². The molecule has 0 saturated heterocycles. The highest BCUT2D eigenvalue weighted by Crippen LogP contribution is 2.34. The van der Waals surface area contributed by atoms with Crippen molar-refractivity contribution in [1.82, 2.24) is 0 Å². The minimum absolute atomic E-state index is 0.164. The molecule has 1 heterocycles. The Morgan fingerprint density at radius 2 is 1.88 bits per heavy atom. The maximum absolute atomic E-state index is 12.2. The molecule has 0 aliphatic carbocycles. The van der Waals surface area contributed by atoms with Crippen LogP contribution in [0.3, 0.4) is 0 Å². The topological polar surface area (TPSA) is 64.6 Å². The Morgan fingerprint density at radius 3 is 2.48 bits per heavy atom. The molecule has 1 aromatic carbocycles. The van der Waals surface area contributed by atoms with E-state index in [0.29, 0.717) is 27.8 Å². The lowest BCUT2D eigenvalue weighted by atomic mass is 10.1. The summed E-state index contributed by atoms with van der Waals surface area (Å²) in [6.07, 6.45) is 0.688. The molecule has 2 aromatic rings. The van der Waals surface area contributed by atoms with E-state index in [1.165, 1.54) is 11.3 Å². The quantitative estimate of drug-likeness (QED) is 0.719. The highest BCUT2D eigenvalue weighted by molar-refractivity contribution is 7.16. The van der Waals surface area contributed by atoms with Crippen LogP contribution in [-0.4, -0.2) is 25.1 Å². The van der Waals surface area contributed by atoms with Crippen molar-refractivity contribution < 1.29 is 19.1 Å². The zero-order chi connectivity index (χ0) is 18.4. The molecule has 2 rings (SSSR count). The largest absolute Gasteiger partial charge is 0.484 e. The Hall–Kier alpha value is -2.05. The molecule has 1 aromatic heterocycles. The standard InChI is InChI=1S/C18H20ClNO4S/c1-4-14-11(3)25-17(16(14)18(22)23-5-2)20-15(21)10-24-13-8-6-12(19)7-9-13/h6-9H,4-5,10H2,1-3H3,(H,20,21). The first-order valence-corrected chi connectivity index (χ1v) is 9.13. The van der Waals surface area contributed by atoms with Crippen LogP contribution in [0.5, 0.6) is 5.75 Å². The van der Waals surface area contributed by atoms with Gasteiger partial charge in [-0.05, 0) is 50.1 Å². The van der Waals surface area contributed by atoms with Gasteiger partial charge in [-0.15, -0.1) is 11.3 Å². The smallest absolute Gasteiger partial charge is 0.341 e. The molecule has 0 fully saturated rings. The number of amides is 1. The van der Waals surface area contributed by atoms with Crippen LogP contribution < -0.4 is 10.1 Å². The number of ether oxygens (including phenoxy) is 2. The van der Waals surface area contributed by atoms with Gasteiger partial charge in [0.25, 0.3) is 5.91 Å². The number of benzene rings is 1. The Bertz CT molecular complexity index is 755. The molecule has 0 bridgehead atoms. The zero-order valence-electron chi connectivity index (χ0n) is 14.3. The minimum Gasteiger partial charge on any atom is -0.484 e. The summed E-state index contributed by atoms with van der Waals surface area (Å²) in [5.41, 5.74) is 1.34. The molecular weight excluding hydrogens is 362 g/mol. The van der Waals surface area contributed by atoms with E-state index in [0.717, 1.165) is 10.4 Å². The van der Waals surface area contributed by atoms with Gasteiger partial charge in [-0.3, -0.25) is 4.79 Å². The molecule has 1 amide bonds. The fraction of sp³-hybridized carbons (Fsp3) is 0.333. The fourth-order valence-electron chi connectivity index (χ4n) is 2.35. The maximum Gasteiger partial charge on any atom is 0.341 e. The Morgan fingerprint density at radius 1 is 1.20 bits per heavy atom. The van der Waals surface area contributed by atoms with Crippen LogP contribution in [0.4, 0.5) is 5.00 Å². The number of hydrogen-bond acceptors (Lipinski definition) is 5. The zero-order valence-corrected chi connectivity index (χ0v) is 15.9. The highest BCUT2D eigenvalue weighted by Gasteiger charge is 2.23. The first-order chi connectivity index (χ1) is 12.0. The average molecular weight is 382 g/mol. The number of halogens is 1. The average Bonchev–Trinajstić information content (AvgIpc) is 2.89. The lowest BCUT2D eigenvalue weighted by Crippen LogP contribution is -2.21. The second kappa shape index (κ2) is 8.87. The van der Waals surface area contributed by atoms with E-state index in [1.807, 2.05) is 13.8 Å². The van der Waals surface area contributed by atoms with E-state index in [4.69, 9.17) is 21.1 Å². The van der Waals surface area contributed by atoms with Crippen LogP contribution in [0.25, 0.3) is 0 Å². The van der Waals surface area contributed by atoms with Crippen LogP contribution in [0.15, 0.2) is 24.3 Å². The summed E-state index contributed by atoms with van der Waals surface area (Å²) in [5.74, 6) is -0.219. The summed E-state index contributed by atoms with van der Waals surface area (Å²) in [7, 11) is 0. The highest BCUT2D eigenvalue weighted by atomic mass is 35.5. The molecule has 0 atom stereocenters. The van der Waals surface area contributed by atoms with Gasteiger partial charge in [-0.2, -0.15) is 0 Å². The third-order valence-electron chi connectivity index (χ3n) is 3.48. The number of anilines is 1. The first-order valence-electron chi connectivity index (χ1n) is 7.93. The Kier molecular flexibility index (Phi) is 6.84. The number of carbonyl (C=O) groups excluding carboxylic acids is 2. The molecule has 1 N–H and O–H groups in total. The van der Waals surface area contributed by atoms with E-state index in [9.17, 15) is 9.59 Å². The molecule has 0 radical (unpaired) electrons. The maximum atomic E-state index is 12.2. The summed E-state index contributed by atoms with van der Waals surface area (Å²) in [6.45, 7) is 5.76. The normalized spacial score (nSPS) is 10.4. The van der Waals surface area contributed by atoms with Crippen molar-refractivity contribution in [2.45, 2.75) is 27.2 Å². The van der Waals surface area contributed by atoms with Gasteiger partial charge >= 0.3 is 5.97 Å². The monoisotopic (exact) mass is 381 g/mol. The minimum atomic E-state index is -0.419. The second-order valence-corrected chi connectivity index (χ2v) is 6.87. The third kappa shape index (κ3) is 4.96. The lowest BCUT2D eigenvalue weighted by Gasteiger charge is -2.09. The van der Waals surface area contributed by atoms with Gasteiger partial charge in [0.15, 0.2) is 6.61 Å². The van der Waals surface area contributed by atoms with Gasteiger partial charge in [0.05, 0.1) is 12.2 Å². The van der Waals surface area contributed by atoms with Crippen molar-refractivity contribution in [1.29, 1.82) is 0 Å². The molecule has 0 aliphatic rings. The van der Waals surface area contributed by atoms with Gasteiger partial charge in [0.1, 0.15) is 10.8 Å². The van der Waals surface area contributed by atoms with Crippen molar-refractivity contribution in [3.63, 3.8) is 0 Å². The predicted molar refractivity (Wildman–Crippen MR) is 100.0 cm³/mol. The molecule has 0 saturated carbocycles. The Balaban J connectivity index is 2.09. The molecule has 0 unspecified atom stereocenters. The summed E-state index contributed by atoms with van der Waals surface area (Å²) in [4.78, 5) is 25.4. The van der Waals surface area contributed by atoms with E-state index in [-0.39, 0.29) is 19.1 Å². The van der Waals surface area contributed by atoms with E-state index < -0.39 is 5.97 Å². The van der Waals surface area contributed by atoms with Crippen LogP contribution in [0.2, 0.25) is 5.02 Å². The van der Waals surface area contributed by atoms with E-state index >= 15 is 0 Å². The SMILES string of the molecule is CCOC(=O)c1c(NC(=O)COc2ccc(Cl)cc2)sc(C)c1CC. The van der Waals surface area contributed by atoms with Crippen molar-refractivity contribution in [3.8, 4) is 5.75 Å². The van der Waals surface area contributed by atoms with Gasteiger partial charge in [-0.1, -0.05) is 18.5 Å². The number of aryl methyl sites for hydroxylation is 1. The van der Waals surface area contributed by atoms with E-state index in [1.54, 1.807) is 31.2 Å². The summed E-state index contributed by atoms with van der Waals surface area (Å²) in [6, 6.07) is 6.74. The number of hydrogen-bond donors (Lipinski definition) is 1. The van der Waals surface area contributed by atoms with Gasteiger partial charge < -0.3 is 14.8 Å². The summed E-state index contributed by atoms with van der Waals surface area (Å²) >= 11 is 7.17. The van der Waals surface area contributed by atoms with Crippen LogP contribution in [-0.2, 0) is 16.0 Å². The summed E-state index contributed by atoms with van der Waals surface area (Å²) < 4.78 is 10.5. The fourth-order valence-corrected chi connectivity index (χ4v) is 3.63. The molecular formula is C18H20ClNO4S. The van der Waals surface area contributed by atoms with Gasteiger partial charge in [0, 0.05) is 9.90 Å². The van der Waals surface area contributed by atoms with Gasteiger partial charge in [-0.25, -0.2) is 4.79 Å². The number of nitrogens with one attached hydrogen (secondary N) is 1. The third-order valence-corrected chi connectivity index (χ3v) is 4.79. The van der Waals surface area contributed by atoms with Gasteiger partial charge in [0.2, 0.25) is 0 Å². The number of thiophene rings is 1. The predicted octanol–water partition coefficient (Wildman–Crippen LogP) is 4.47. The van der Waals surface area contributed by atoms with Crippen molar-refractivity contribution >= 4 is 39.8 Å². The molecule has 0 spiro atoms. The van der Waals surface area contributed by atoms with E-state index in [2.05, 4.69) is 5.32 Å². The Labute approximate surface area is 155 Å². The second-order valence-electron chi connectivity index (χ2n) is 5.21. The summed E-state index contributed by atoms with van der Waals surface area (Å²) in [5, 5.41) is 3.85. The number of carbonyl (C=O) groups is 2. The lowest BCUT2D eigenvalue weighted by molar-refractivity contribution is -0.118. The molecule has 5 nitrogen and oxygen atoms in total. The van der Waals surface area contributed by atoms with Crippen LogP contribution >= 0.6 is 22.9 Å². The molecule has 134 valence electrons. The van der Waals surface area contributed by atoms with Crippen molar-refractivity contribution in [3.05, 3.63) is 45.3 Å². The molecule has 7 heteroatoms.